The van der Waals surface area contributed by atoms with E-state index in [1.54, 1.807) is 13.0 Å². The zero-order valence-corrected chi connectivity index (χ0v) is 13.4. The first kappa shape index (κ1) is 17.8. The lowest BCUT2D eigenvalue weighted by Crippen LogP contribution is -2.50. The molecule has 1 amide bonds. The number of hydrogen-bond acceptors (Lipinski definition) is 5. The van der Waals surface area contributed by atoms with Crippen LogP contribution in [0.2, 0.25) is 5.02 Å². The number of carbonyl (C=O) groups is 2. The molecule has 0 aliphatic carbocycles. The molecule has 1 aromatic rings. The molecule has 0 saturated heterocycles. The van der Waals surface area contributed by atoms with Crippen molar-refractivity contribution in [2.45, 2.75) is 26.3 Å². The number of nitrogens with two attached hydrogens (primary N) is 1. The molecule has 0 aliphatic heterocycles. The van der Waals surface area contributed by atoms with Gasteiger partial charge in [-0.25, -0.2) is 4.79 Å². The molecular weight excluding hydrogens is 306 g/mol. The molecule has 22 heavy (non-hydrogen) atoms. The number of rotatable bonds is 5. The summed E-state index contributed by atoms with van der Waals surface area (Å²) in [4.78, 5) is 23.7. The van der Waals surface area contributed by atoms with Crippen LogP contribution in [0.25, 0.3) is 0 Å². The molecular formula is C15H18ClN3O3. The fourth-order valence-electron chi connectivity index (χ4n) is 1.54. The topological polar surface area (TPSA) is 105 Å². The number of halogens is 1. The fourth-order valence-corrected chi connectivity index (χ4v) is 1.71. The summed E-state index contributed by atoms with van der Waals surface area (Å²) in [6.07, 6.45) is 0. The molecule has 0 aliphatic rings. The lowest BCUT2D eigenvalue weighted by molar-refractivity contribution is -0.125. The number of nitrogen functional groups attached to an aromatic ring is 1. The number of nitrogens with zero attached hydrogens (tertiary/aromatic N) is 1. The number of carbonyl (C=O) groups excluding carboxylic acids is 2. The van der Waals surface area contributed by atoms with Crippen LogP contribution in [0.4, 0.5) is 5.69 Å². The Balaban J connectivity index is 2.67. The molecule has 7 heteroatoms. The van der Waals surface area contributed by atoms with Gasteiger partial charge in [-0.2, -0.15) is 5.26 Å². The van der Waals surface area contributed by atoms with Crippen LogP contribution in [0.3, 0.4) is 0 Å². The molecule has 118 valence electrons. The van der Waals surface area contributed by atoms with Crippen molar-refractivity contribution in [3.8, 4) is 6.07 Å². The molecule has 0 radical (unpaired) electrons. The van der Waals surface area contributed by atoms with Gasteiger partial charge in [0.25, 0.3) is 5.91 Å². The Labute approximate surface area is 134 Å². The number of hydrogen-bond donors (Lipinski definition) is 2. The van der Waals surface area contributed by atoms with Crippen LogP contribution in [0.1, 0.15) is 31.1 Å². The molecule has 1 rings (SSSR count). The summed E-state index contributed by atoms with van der Waals surface area (Å²) in [5.41, 5.74) is 4.92. The standard InChI is InChI=1S/C15H18ClN3O3/c1-9(2)15(3,8-17)19-13(20)7-22-14(21)11-6-10(16)4-5-12(11)18/h4-6,9H,7,18H2,1-3H3,(H,19,20)/t15-/m1/s1. The minimum atomic E-state index is -1.03. The summed E-state index contributed by atoms with van der Waals surface area (Å²) < 4.78 is 4.90. The first-order valence-electron chi connectivity index (χ1n) is 6.64. The summed E-state index contributed by atoms with van der Waals surface area (Å²) in [5.74, 6) is -1.41. The van der Waals surface area contributed by atoms with E-state index in [-0.39, 0.29) is 17.2 Å². The van der Waals surface area contributed by atoms with Crippen molar-refractivity contribution in [3.05, 3.63) is 28.8 Å². The number of anilines is 1. The molecule has 3 N–H and O–H groups in total. The predicted octanol–water partition coefficient (Wildman–Crippen LogP) is 2.13. The second-order valence-corrected chi connectivity index (χ2v) is 5.76. The van der Waals surface area contributed by atoms with Gasteiger partial charge in [0, 0.05) is 10.7 Å². The summed E-state index contributed by atoms with van der Waals surface area (Å²) >= 11 is 5.79. The Bertz CT molecular complexity index is 625. The van der Waals surface area contributed by atoms with E-state index >= 15 is 0 Å². The maximum absolute atomic E-state index is 11.9. The maximum Gasteiger partial charge on any atom is 0.340 e. The third kappa shape index (κ3) is 4.37. The van der Waals surface area contributed by atoms with Gasteiger partial charge in [-0.05, 0) is 31.0 Å². The third-order valence-electron chi connectivity index (χ3n) is 3.36. The van der Waals surface area contributed by atoms with Crippen LogP contribution in [0.5, 0.6) is 0 Å². The van der Waals surface area contributed by atoms with Gasteiger partial charge in [-0.3, -0.25) is 4.79 Å². The molecule has 0 unspecified atom stereocenters. The second kappa shape index (κ2) is 7.14. The Kier molecular flexibility index (Phi) is 5.77. The number of nitrogens with one attached hydrogen (secondary N) is 1. The number of amides is 1. The molecule has 6 nitrogen and oxygen atoms in total. The minimum absolute atomic E-state index is 0.0900. The molecule has 0 fully saturated rings. The second-order valence-electron chi connectivity index (χ2n) is 5.32. The van der Waals surface area contributed by atoms with E-state index in [1.807, 2.05) is 19.9 Å². The smallest absolute Gasteiger partial charge is 0.340 e. The van der Waals surface area contributed by atoms with Crippen LogP contribution in [0, 0.1) is 17.2 Å². The number of ether oxygens (including phenoxy) is 1. The highest BCUT2D eigenvalue weighted by Gasteiger charge is 2.30. The summed E-state index contributed by atoms with van der Waals surface area (Å²) in [6.45, 7) is 4.71. The molecule has 0 saturated carbocycles. The van der Waals surface area contributed by atoms with E-state index < -0.39 is 24.0 Å². The van der Waals surface area contributed by atoms with Crippen molar-refractivity contribution < 1.29 is 14.3 Å². The highest BCUT2D eigenvalue weighted by molar-refractivity contribution is 6.31. The highest BCUT2D eigenvalue weighted by Crippen LogP contribution is 2.19. The van der Waals surface area contributed by atoms with Crippen molar-refractivity contribution >= 4 is 29.2 Å². The first-order chi connectivity index (χ1) is 10.2. The molecule has 0 spiro atoms. The summed E-state index contributed by atoms with van der Waals surface area (Å²) in [5, 5.41) is 12.0. The van der Waals surface area contributed by atoms with Gasteiger partial charge in [0.15, 0.2) is 6.61 Å². The molecule has 0 heterocycles. The zero-order valence-electron chi connectivity index (χ0n) is 12.6. The SMILES string of the molecule is CC(C)[C@@](C)(C#N)NC(=O)COC(=O)c1cc(Cl)ccc1N. The van der Waals surface area contributed by atoms with Crippen LogP contribution in [0.15, 0.2) is 18.2 Å². The fraction of sp³-hybridized carbons (Fsp3) is 0.400. The van der Waals surface area contributed by atoms with Gasteiger partial charge in [-0.15, -0.1) is 0 Å². The van der Waals surface area contributed by atoms with Crippen LogP contribution in [-0.4, -0.2) is 24.0 Å². The van der Waals surface area contributed by atoms with Crippen molar-refractivity contribution in [2.75, 3.05) is 12.3 Å². The van der Waals surface area contributed by atoms with E-state index in [4.69, 9.17) is 27.3 Å². The van der Waals surface area contributed by atoms with Gasteiger partial charge in [0.05, 0.1) is 11.6 Å². The number of benzene rings is 1. The quantitative estimate of drug-likeness (QED) is 0.638. The molecule has 0 aromatic heterocycles. The summed E-state index contributed by atoms with van der Waals surface area (Å²) in [7, 11) is 0. The van der Waals surface area contributed by atoms with Gasteiger partial charge in [0.1, 0.15) is 5.54 Å². The minimum Gasteiger partial charge on any atom is -0.452 e. The Morgan fingerprint density at radius 1 is 1.50 bits per heavy atom. The number of nitriles is 1. The van der Waals surface area contributed by atoms with Crippen LogP contribution >= 0.6 is 11.6 Å². The monoisotopic (exact) mass is 323 g/mol. The average molecular weight is 324 g/mol. The van der Waals surface area contributed by atoms with Gasteiger partial charge < -0.3 is 15.8 Å². The molecule has 0 bridgehead atoms. The largest absolute Gasteiger partial charge is 0.452 e. The maximum atomic E-state index is 11.9. The molecule has 1 aromatic carbocycles. The van der Waals surface area contributed by atoms with Gasteiger partial charge in [-0.1, -0.05) is 25.4 Å². The van der Waals surface area contributed by atoms with Crippen molar-refractivity contribution in [3.63, 3.8) is 0 Å². The Hall–Kier alpha value is -2.26. The van der Waals surface area contributed by atoms with E-state index in [1.165, 1.54) is 12.1 Å². The van der Waals surface area contributed by atoms with E-state index in [9.17, 15) is 9.59 Å². The number of esters is 1. The van der Waals surface area contributed by atoms with Crippen molar-refractivity contribution in [1.82, 2.24) is 5.32 Å². The third-order valence-corrected chi connectivity index (χ3v) is 3.59. The van der Waals surface area contributed by atoms with E-state index in [0.29, 0.717) is 5.02 Å². The predicted molar refractivity (Wildman–Crippen MR) is 83.1 cm³/mol. The van der Waals surface area contributed by atoms with E-state index in [2.05, 4.69) is 5.32 Å². The summed E-state index contributed by atoms with van der Waals surface area (Å²) in [6, 6.07) is 6.42. The average Bonchev–Trinajstić information content (AvgIpc) is 2.46. The van der Waals surface area contributed by atoms with Crippen LogP contribution in [-0.2, 0) is 9.53 Å². The van der Waals surface area contributed by atoms with Crippen molar-refractivity contribution in [1.29, 1.82) is 5.26 Å². The highest BCUT2D eigenvalue weighted by atomic mass is 35.5. The lowest BCUT2D eigenvalue weighted by atomic mass is 9.90. The van der Waals surface area contributed by atoms with E-state index in [0.717, 1.165) is 0 Å². The van der Waals surface area contributed by atoms with Crippen LogP contribution < -0.4 is 11.1 Å². The lowest BCUT2D eigenvalue weighted by Gasteiger charge is -2.27. The Morgan fingerprint density at radius 2 is 2.14 bits per heavy atom. The first-order valence-corrected chi connectivity index (χ1v) is 7.02. The van der Waals surface area contributed by atoms with Crippen molar-refractivity contribution in [2.24, 2.45) is 5.92 Å². The van der Waals surface area contributed by atoms with Gasteiger partial charge in [0.2, 0.25) is 0 Å². The van der Waals surface area contributed by atoms with Gasteiger partial charge >= 0.3 is 5.97 Å². The molecule has 1 atom stereocenters. The normalized spacial score (nSPS) is 13.1. The Morgan fingerprint density at radius 3 is 2.68 bits per heavy atom. The zero-order chi connectivity index (χ0) is 16.9.